The number of hydrogen-bond donors (Lipinski definition) is 0. The van der Waals surface area contributed by atoms with Crippen LogP contribution in [0.4, 0.5) is 0 Å². The Morgan fingerprint density at radius 1 is 0.522 bits per heavy atom. The van der Waals surface area contributed by atoms with Gasteiger partial charge in [-0.05, 0) is 35.4 Å². The first-order valence-corrected chi connectivity index (χ1v) is 23.1. The molecule has 0 N–H and O–H groups in total. The molecule has 226 valence electrons. The van der Waals surface area contributed by atoms with Crippen LogP contribution in [0.2, 0.25) is 13.1 Å². The Hall–Kier alpha value is -3.66. The second-order valence-corrected chi connectivity index (χ2v) is 15.1. The molecule has 0 aliphatic carbocycles. The Kier molecular flexibility index (Phi) is 12.7. The van der Waals surface area contributed by atoms with Gasteiger partial charge in [0.25, 0.3) is 0 Å². The molecule has 0 spiro atoms. The minimum Gasteiger partial charge on any atom is -0.465 e. The van der Waals surface area contributed by atoms with Crippen LogP contribution < -0.4 is 0 Å². The van der Waals surface area contributed by atoms with Gasteiger partial charge < -0.3 is 8.83 Å². The van der Waals surface area contributed by atoms with E-state index < -0.39 is 20.8 Å². The van der Waals surface area contributed by atoms with Crippen molar-refractivity contribution in [3.63, 3.8) is 0 Å². The van der Waals surface area contributed by atoms with Gasteiger partial charge in [-0.1, -0.05) is 109 Å². The maximum atomic E-state index is 5.54. The molecule has 6 heteroatoms. The molecule has 2 nitrogen and oxygen atoms in total. The number of benzene rings is 4. The fraction of sp³-hybridized carbons (Fsp3) is 0.0500. The third-order valence-electron chi connectivity index (χ3n) is 7.29. The van der Waals surface area contributed by atoms with E-state index in [1.165, 1.54) is 43.8 Å². The van der Waals surface area contributed by atoms with E-state index in [0.29, 0.717) is 0 Å². The Labute approximate surface area is 291 Å². The van der Waals surface area contributed by atoms with Crippen molar-refractivity contribution in [2.75, 3.05) is 0 Å². The van der Waals surface area contributed by atoms with Gasteiger partial charge in [0.2, 0.25) is 0 Å². The average molecular weight is 735 g/mol. The molecule has 8 aromatic rings. The van der Waals surface area contributed by atoms with Crippen LogP contribution in [0.15, 0.2) is 167 Å². The van der Waals surface area contributed by atoms with Crippen LogP contribution in [-0.2, 0) is 20.8 Å². The van der Waals surface area contributed by atoms with Gasteiger partial charge in [-0.25, -0.2) is 0 Å². The molecule has 0 aliphatic heterocycles. The Balaban J connectivity index is 0.000000155. The minimum atomic E-state index is -0.826. The number of rotatable bonds is 4. The maximum absolute atomic E-state index is 5.54. The zero-order valence-electron chi connectivity index (χ0n) is 25.6. The van der Waals surface area contributed by atoms with Crippen molar-refractivity contribution >= 4 is 48.1 Å². The van der Waals surface area contributed by atoms with E-state index in [2.05, 4.69) is 122 Å². The monoisotopic (exact) mass is 732 g/mol. The van der Waals surface area contributed by atoms with E-state index in [1.807, 2.05) is 36.4 Å². The van der Waals surface area contributed by atoms with Crippen molar-refractivity contribution in [1.82, 2.24) is 0 Å². The van der Waals surface area contributed by atoms with Crippen molar-refractivity contribution in [1.29, 1.82) is 0 Å². The summed E-state index contributed by atoms with van der Waals surface area (Å²) in [6, 6.07) is 50.4. The first-order valence-electron chi connectivity index (χ1n) is 14.8. The van der Waals surface area contributed by atoms with Gasteiger partial charge in [0, 0.05) is 9.52 Å². The molecule has 0 fully saturated rings. The van der Waals surface area contributed by atoms with E-state index >= 15 is 0 Å². The van der Waals surface area contributed by atoms with Crippen molar-refractivity contribution < 1.29 is 29.7 Å². The maximum Gasteiger partial charge on any atom is 0.126 e. The fourth-order valence-corrected chi connectivity index (χ4v) is 5.36. The molecule has 0 bridgehead atoms. The fourth-order valence-electron chi connectivity index (χ4n) is 5.36. The summed E-state index contributed by atoms with van der Waals surface area (Å²) in [5, 5.41) is 4.97. The Morgan fingerprint density at radius 2 is 0.913 bits per heavy atom. The van der Waals surface area contributed by atoms with Crippen LogP contribution in [-0.4, -0.2) is 9.52 Å². The summed E-state index contributed by atoms with van der Waals surface area (Å²) in [6.07, 6.45) is 3.43. The quantitative estimate of drug-likeness (QED) is 0.133. The van der Waals surface area contributed by atoms with Gasteiger partial charge in [0.15, 0.2) is 0 Å². The summed E-state index contributed by atoms with van der Waals surface area (Å²) >= 11 is -0.826. The summed E-state index contributed by atoms with van der Waals surface area (Å²) in [5.41, 5.74) is 7.28. The van der Waals surface area contributed by atoms with Crippen molar-refractivity contribution in [3.05, 3.63) is 158 Å². The standard InChI is InChI=1S/2C19H13O.C2H6Si.2ClH.Zr/c2*1-2-6-14(7-3-1)16-12-15-8-4-9-17(18(15)13-16)19-10-5-11-20-19;1-3-2;;;/h2*1-13H;1-2H3;2*1H;/q2*-1;;;;+4/p-2. The number of furan rings is 2. The van der Waals surface area contributed by atoms with Gasteiger partial charge >= 0.3 is 37.9 Å². The molecule has 8 rings (SSSR count). The topological polar surface area (TPSA) is 26.3 Å². The molecule has 2 aromatic heterocycles. The summed E-state index contributed by atoms with van der Waals surface area (Å²) < 4.78 is 11.1. The third kappa shape index (κ3) is 8.37. The van der Waals surface area contributed by atoms with E-state index in [4.69, 9.17) is 25.9 Å². The van der Waals surface area contributed by atoms with Crippen LogP contribution in [0, 0.1) is 0 Å². The predicted molar refractivity (Wildman–Crippen MR) is 195 cm³/mol. The van der Waals surface area contributed by atoms with Crippen molar-refractivity contribution in [3.8, 4) is 44.9 Å². The van der Waals surface area contributed by atoms with Gasteiger partial charge in [-0.2, -0.15) is 0 Å². The normalized spacial score (nSPS) is 10.2. The second kappa shape index (κ2) is 17.3. The number of hydrogen-bond acceptors (Lipinski definition) is 2. The van der Waals surface area contributed by atoms with Gasteiger partial charge in [0.1, 0.15) is 11.5 Å². The minimum absolute atomic E-state index is 0.826. The van der Waals surface area contributed by atoms with E-state index in [-0.39, 0.29) is 0 Å². The average Bonchev–Trinajstić information content (AvgIpc) is 3.93. The first kappa shape index (κ1) is 33.7. The van der Waals surface area contributed by atoms with Crippen LogP contribution in [0.5, 0.6) is 0 Å². The molecule has 0 saturated heterocycles. The molecule has 0 atom stereocenters. The molecule has 0 amide bonds. The van der Waals surface area contributed by atoms with E-state index in [0.717, 1.165) is 32.2 Å². The molecule has 6 aromatic carbocycles. The van der Waals surface area contributed by atoms with E-state index in [9.17, 15) is 0 Å². The van der Waals surface area contributed by atoms with Crippen LogP contribution >= 0.6 is 17.0 Å². The smallest absolute Gasteiger partial charge is 0.126 e. The Bertz CT molecular complexity index is 1880. The summed E-state index contributed by atoms with van der Waals surface area (Å²) in [7, 11) is 11.0. The molecule has 0 aliphatic rings. The summed E-state index contributed by atoms with van der Waals surface area (Å²) in [5.74, 6) is 1.83. The van der Waals surface area contributed by atoms with Crippen LogP contribution in [0.3, 0.4) is 0 Å². The summed E-state index contributed by atoms with van der Waals surface area (Å²) in [4.78, 5) is 0. The number of fused-ring (bicyclic) bond motifs is 2. The molecule has 46 heavy (non-hydrogen) atoms. The first-order chi connectivity index (χ1) is 22.7. The third-order valence-corrected chi connectivity index (χ3v) is 7.29. The zero-order chi connectivity index (χ0) is 32.1. The van der Waals surface area contributed by atoms with Crippen LogP contribution in [0.25, 0.3) is 66.4 Å². The molecular formula is C40H32Cl2O2SiZr. The molecule has 2 radical (unpaired) electrons. The van der Waals surface area contributed by atoms with Crippen LogP contribution in [0.1, 0.15) is 0 Å². The molecule has 2 heterocycles. The van der Waals surface area contributed by atoms with E-state index in [1.54, 1.807) is 12.5 Å². The van der Waals surface area contributed by atoms with Gasteiger partial charge in [0.05, 0.1) is 12.5 Å². The Morgan fingerprint density at radius 3 is 1.26 bits per heavy atom. The molecular weight excluding hydrogens is 703 g/mol. The molecule has 0 saturated carbocycles. The van der Waals surface area contributed by atoms with Gasteiger partial charge in [-0.15, -0.1) is 69.1 Å². The predicted octanol–water partition coefficient (Wildman–Crippen LogP) is 13.1. The summed E-state index contributed by atoms with van der Waals surface area (Å²) in [6.45, 7) is 4.31. The zero-order valence-corrected chi connectivity index (χ0v) is 30.6. The number of halogens is 2. The second-order valence-electron chi connectivity index (χ2n) is 10.4. The molecule has 0 unspecified atom stereocenters. The van der Waals surface area contributed by atoms with Gasteiger partial charge in [-0.3, -0.25) is 0 Å². The van der Waals surface area contributed by atoms with Crippen molar-refractivity contribution in [2.45, 2.75) is 13.1 Å². The largest absolute Gasteiger partial charge is 0.465 e. The van der Waals surface area contributed by atoms with Crippen molar-refractivity contribution in [2.24, 2.45) is 0 Å². The SMILES string of the molecule is C[Si]C.[Cl][Zr+2][Cl].c1ccc(-c2cc3c(-c4ccco4)cccc3[cH-]2)cc1.c1ccc(-c2cc3c(-c4ccco4)cccc3[cH-]2)cc1.